The number of piperidine rings is 1. The van der Waals surface area contributed by atoms with Crippen LogP contribution in [0.2, 0.25) is 0 Å². The standard InChI is InChI=1S/C24H33N7O/c1-29(2)19-11-13-30(14-12-19)20-9-7-18(8-10-20)27-23-25-15-17-16-26-24(32)31(22(17)28-23)21-5-3-4-6-21/h7-10,15,19,21H,3-6,11-14,16H2,1-2H3,(H,26,32)(H,25,27,28). The zero-order valence-corrected chi connectivity index (χ0v) is 19.0. The minimum atomic E-state index is -0.0450. The van der Waals surface area contributed by atoms with Gasteiger partial charge in [0.1, 0.15) is 5.82 Å². The Morgan fingerprint density at radius 2 is 1.78 bits per heavy atom. The highest BCUT2D eigenvalue weighted by Gasteiger charge is 2.33. The molecule has 2 aromatic rings. The lowest BCUT2D eigenvalue weighted by Gasteiger charge is -2.36. The zero-order chi connectivity index (χ0) is 22.1. The number of fused-ring (bicyclic) bond motifs is 1. The number of anilines is 4. The van der Waals surface area contributed by atoms with Crippen LogP contribution in [-0.2, 0) is 6.54 Å². The number of aromatic nitrogens is 2. The number of rotatable bonds is 5. The second-order valence-corrected chi connectivity index (χ2v) is 9.36. The van der Waals surface area contributed by atoms with Gasteiger partial charge in [0.05, 0.1) is 0 Å². The maximum absolute atomic E-state index is 12.6. The van der Waals surface area contributed by atoms with Crippen LogP contribution >= 0.6 is 0 Å². The highest BCUT2D eigenvalue weighted by molar-refractivity contribution is 5.94. The number of hydrogen-bond donors (Lipinski definition) is 2. The van der Waals surface area contributed by atoms with E-state index in [0.717, 1.165) is 43.0 Å². The Kier molecular flexibility index (Phi) is 5.87. The molecule has 1 aromatic heterocycles. The number of amides is 2. The van der Waals surface area contributed by atoms with E-state index in [0.29, 0.717) is 18.5 Å². The second-order valence-electron chi connectivity index (χ2n) is 9.36. The molecular formula is C24H33N7O. The Hall–Kier alpha value is -2.87. The van der Waals surface area contributed by atoms with Gasteiger partial charge in [-0.3, -0.25) is 4.90 Å². The van der Waals surface area contributed by atoms with Crippen LogP contribution in [0.1, 0.15) is 44.1 Å². The maximum atomic E-state index is 12.6. The second kappa shape index (κ2) is 8.94. The van der Waals surface area contributed by atoms with E-state index in [4.69, 9.17) is 4.98 Å². The Bertz CT molecular complexity index is 947. The van der Waals surface area contributed by atoms with Crippen LogP contribution in [0.4, 0.5) is 27.9 Å². The fraction of sp³-hybridized carbons (Fsp3) is 0.542. The summed E-state index contributed by atoms with van der Waals surface area (Å²) in [6.45, 7) is 2.65. The first kappa shape index (κ1) is 21.0. The summed E-state index contributed by atoms with van der Waals surface area (Å²) in [5.74, 6) is 1.28. The predicted molar refractivity (Wildman–Crippen MR) is 128 cm³/mol. The molecule has 8 nitrogen and oxygen atoms in total. The first-order chi connectivity index (χ1) is 15.6. The van der Waals surface area contributed by atoms with E-state index in [2.05, 4.69) is 63.8 Å². The Balaban J connectivity index is 1.28. The topological polar surface area (TPSA) is 76.6 Å². The van der Waals surface area contributed by atoms with E-state index in [9.17, 15) is 4.79 Å². The molecule has 0 radical (unpaired) electrons. The third-order valence-electron chi connectivity index (χ3n) is 7.09. The number of benzene rings is 1. The summed E-state index contributed by atoms with van der Waals surface area (Å²) in [7, 11) is 4.34. The van der Waals surface area contributed by atoms with Gasteiger partial charge in [-0.05, 0) is 64.0 Å². The first-order valence-electron chi connectivity index (χ1n) is 11.8. The van der Waals surface area contributed by atoms with Gasteiger partial charge in [0.25, 0.3) is 0 Å². The number of nitrogens with zero attached hydrogens (tertiary/aromatic N) is 5. The lowest BCUT2D eigenvalue weighted by atomic mass is 10.0. The number of hydrogen-bond acceptors (Lipinski definition) is 6. The molecule has 1 aliphatic carbocycles. The fourth-order valence-corrected chi connectivity index (χ4v) is 5.17. The van der Waals surface area contributed by atoms with Gasteiger partial charge in [-0.25, -0.2) is 9.78 Å². The predicted octanol–water partition coefficient (Wildman–Crippen LogP) is 3.72. The minimum Gasteiger partial charge on any atom is -0.371 e. The molecule has 32 heavy (non-hydrogen) atoms. The lowest BCUT2D eigenvalue weighted by molar-refractivity contribution is 0.241. The molecule has 0 bridgehead atoms. The van der Waals surface area contributed by atoms with Crippen molar-refractivity contribution >= 4 is 29.2 Å². The van der Waals surface area contributed by atoms with Crippen LogP contribution in [-0.4, -0.2) is 60.2 Å². The molecule has 1 saturated heterocycles. The van der Waals surface area contributed by atoms with Crippen LogP contribution in [0, 0.1) is 0 Å². The van der Waals surface area contributed by atoms with Crippen molar-refractivity contribution in [2.75, 3.05) is 42.3 Å². The van der Waals surface area contributed by atoms with E-state index < -0.39 is 0 Å². The van der Waals surface area contributed by atoms with Crippen molar-refractivity contribution in [3.05, 3.63) is 36.0 Å². The Morgan fingerprint density at radius 1 is 1.06 bits per heavy atom. The number of urea groups is 1. The van der Waals surface area contributed by atoms with Gasteiger partial charge >= 0.3 is 6.03 Å². The third-order valence-corrected chi connectivity index (χ3v) is 7.09. The normalized spacial score (nSPS) is 19.9. The molecule has 2 amide bonds. The Labute approximate surface area is 190 Å². The number of nitrogens with one attached hydrogen (secondary N) is 2. The highest BCUT2D eigenvalue weighted by atomic mass is 16.2. The van der Waals surface area contributed by atoms with Crippen molar-refractivity contribution in [1.82, 2.24) is 20.2 Å². The average molecular weight is 436 g/mol. The number of carbonyl (C=O) groups is 1. The molecule has 8 heteroatoms. The quantitative estimate of drug-likeness (QED) is 0.745. The largest absolute Gasteiger partial charge is 0.371 e. The average Bonchev–Trinajstić information content (AvgIpc) is 3.34. The van der Waals surface area contributed by atoms with Crippen molar-refractivity contribution in [2.24, 2.45) is 0 Å². The first-order valence-corrected chi connectivity index (χ1v) is 11.8. The van der Waals surface area contributed by atoms with Gasteiger partial charge in [-0.1, -0.05) is 12.8 Å². The molecular weight excluding hydrogens is 402 g/mol. The van der Waals surface area contributed by atoms with Crippen LogP contribution < -0.4 is 20.4 Å². The van der Waals surface area contributed by atoms with E-state index in [1.165, 1.54) is 31.4 Å². The van der Waals surface area contributed by atoms with E-state index in [-0.39, 0.29) is 12.1 Å². The van der Waals surface area contributed by atoms with Crippen LogP contribution in [0.25, 0.3) is 0 Å². The Morgan fingerprint density at radius 3 is 2.47 bits per heavy atom. The molecule has 5 rings (SSSR count). The zero-order valence-electron chi connectivity index (χ0n) is 19.0. The van der Waals surface area contributed by atoms with Crippen LogP contribution in [0.5, 0.6) is 0 Å². The van der Waals surface area contributed by atoms with Gasteiger partial charge < -0.3 is 20.4 Å². The summed E-state index contributed by atoms with van der Waals surface area (Å²) in [6, 6.07) is 9.35. The molecule has 2 fully saturated rings. The number of carbonyl (C=O) groups excluding carboxylic acids is 1. The summed E-state index contributed by atoms with van der Waals surface area (Å²) in [6.07, 6.45) is 8.62. The molecule has 2 N–H and O–H groups in total. The molecule has 1 saturated carbocycles. The third kappa shape index (κ3) is 4.24. The molecule has 2 aliphatic heterocycles. The molecule has 170 valence electrons. The van der Waals surface area contributed by atoms with Gasteiger partial charge in [0.15, 0.2) is 0 Å². The maximum Gasteiger partial charge on any atom is 0.323 e. The van der Waals surface area contributed by atoms with Gasteiger partial charge in [-0.15, -0.1) is 0 Å². The SMILES string of the molecule is CN(C)C1CCN(c2ccc(Nc3ncc4c(n3)N(C3CCCC3)C(=O)NC4)cc2)CC1. The smallest absolute Gasteiger partial charge is 0.323 e. The molecule has 0 spiro atoms. The summed E-state index contributed by atoms with van der Waals surface area (Å²) in [5, 5.41) is 6.29. The molecule has 1 aromatic carbocycles. The fourth-order valence-electron chi connectivity index (χ4n) is 5.17. The summed E-state index contributed by atoms with van der Waals surface area (Å²) < 4.78 is 0. The van der Waals surface area contributed by atoms with E-state index >= 15 is 0 Å². The molecule has 0 unspecified atom stereocenters. The van der Waals surface area contributed by atoms with Crippen LogP contribution in [0.3, 0.4) is 0 Å². The molecule has 0 atom stereocenters. The van der Waals surface area contributed by atoms with Crippen molar-refractivity contribution in [1.29, 1.82) is 0 Å². The van der Waals surface area contributed by atoms with Gasteiger partial charge in [0, 0.05) is 54.9 Å². The van der Waals surface area contributed by atoms with E-state index in [1.54, 1.807) is 0 Å². The minimum absolute atomic E-state index is 0.0450. The van der Waals surface area contributed by atoms with E-state index in [1.807, 2.05) is 11.1 Å². The van der Waals surface area contributed by atoms with Crippen molar-refractivity contribution in [3.63, 3.8) is 0 Å². The van der Waals surface area contributed by atoms with Gasteiger partial charge in [0.2, 0.25) is 5.95 Å². The van der Waals surface area contributed by atoms with Crippen molar-refractivity contribution < 1.29 is 4.79 Å². The highest BCUT2D eigenvalue weighted by Crippen LogP contribution is 2.32. The molecule has 3 aliphatic rings. The molecule has 3 heterocycles. The van der Waals surface area contributed by atoms with Crippen LogP contribution in [0.15, 0.2) is 30.5 Å². The van der Waals surface area contributed by atoms with Gasteiger partial charge in [-0.2, -0.15) is 4.98 Å². The summed E-state index contributed by atoms with van der Waals surface area (Å²) in [4.78, 5) is 28.5. The van der Waals surface area contributed by atoms with Crippen molar-refractivity contribution in [3.8, 4) is 0 Å². The van der Waals surface area contributed by atoms with Crippen molar-refractivity contribution in [2.45, 2.75) is 57.2 Å². The monoisotopic (exact) mass is 435 g/mol. The summed E-state index contributed by atoms with van der Waals surface area (Å²) >= 11 is 0. The summed E-state index contributed by atoms with van der Waals surface area (Å²) in [5.41, 5.74) is 3.17. The lowest BCUT2D eigenvalue weighted by Crippen LogP contribution is -2.49.